The first kappa shape index (κ1) is 11.6. The second kappa shape index (κ2) is 4.61. The van der Waals surface area contributed by atoms with Gasteiger partial charge in [0.05, 0.1) is 0 Å². The van der Waals surface area contributed by atoms with E-state index in [1.807, 2.05) is 0 Å². The minimum absolute atomic E-state index is 0.0139. The Bertz CT molecular complexity index is 154. The molecule has 12 heavy (non-hydrogen) atoms. The van der Waals surface area contributed by atoms with Crippen LogP contribution in [-0.4, -0.2) is 17.4 Å². The molecule has 0 aromatic rings. The first-order valence-electron chi connectivity index (χ1n) is 4.67. The van der Waals surface area contributed by atoms with Crippen LogP contribution in [0.1, 0.15) is 47.5 Å². The highest BCUT2D eigenvalue weighted by Gasteiger charge is 2.23. The van der Waals surface area contributed by atoms with Crippen molar-refractivity contribution in [2.75, 3.05) is 0 Å². The Morgan fingerprint density at radius 2 is 2.00 bits per heavy atom. The second-order valence-corrected chi connectivity index (χ2v) is 4.09. The summed E-state index contributed by atoms with van der Waals surface area (Å²) in [5.41, 5.74) is -0.0139. The Labute approximate surface area is 75.7 Å². The number of rotatable bonds is 5. The van der Waals surface area contributed by atoms with Gasteiger partial charge in [0.25, 0.3) is 0 Å². The molecule has 1 atom stereocenters. The molecular weight excluding hydrogens is 150 g/mol. The summed E-state index contributed by atoms with van der Waals surface area (Å²) in [6.45, 7) is 10.1. The summed E-state index contributed by atoms with van der Waals surface area (Å²) in [7, 11) is 0. The zero-order valence-corrected chi connectivity index (χ0v) is 8.90. The summed E-state index contributed by atoms with van der Waals surface area (Å²) < 4.78 is 0. The number of nitrogens with one attached hydrogen (secondary N) is 1. The topological polar surface area (TPSA) is 29.1 Å². The molecule has 0 amide bonds. The lowest BCUT2D eigenvalue weighted by atomic mass is 9.92. The van der Waals surface area contributed by atoms with Gasteiger partial charge in [-0.2, -0.15) is 0 Å². The highest BCUT2D eigenvalue weighted by molar-refractivity contribution is 5.76. The maximum atomic E-state index is 11.0. The average molecular weight is 171 g/mol. The highest BCUT2D eigenvalue weighted by atomic mass is 16.1. The van der Waals surface area contributed by atoms with Crippen LogP contribution in [0.3, 0.4) is 0 Å². The van der Waals surface area contributed by atoms with Gasteiger partial charge >= 0.3 is 0 Å². The van der Waals surface area contributed by atoms with Gasteiger partial charge in [0.15, 0.2) is 0 Å². The number of carbonyl (C=O) groups is 1. The van der Waals surface area contributed by atoms with E-state index >= 15 is 0 Å². The van der Waals surface area contributed by atoms with Crippen LogP contribution in [0, 0.1) is 0 Å². The third kappa shape index (κ3) is 4.50. The lowest BCUT2D eigenvalue weighted by molar-refractivity contribution is -0.118. The minimum Gasteiger partial charge on any atom is -0.309 e. The first-order chi connectivity index (χ1) is 5.39. The van der Waals surface area contributed by atoms with Crippen LogP contribution < -0.4 is 5.32 Å². The summed E-state index contributed by atoms with van der Waals surface area (Å²) in [4.78, 5) is 11.0. The first-order valence-corrected chi connectivity index (χ1v) is 4.67. The Kier molecular flexibility index (Phi) is 4.46. The summed E-state index contributed by atoms with van der Waals surface area (Å²) in [6, 6.07) is 0.439. The highest BCUT2D eigenvalue weighted by Crippen LogP contribution is 2.15. The molecule has 0 aliphatic rings. The van der Waals surface area contributed by atoms with Crippen LogP contribution in [-0.2, 0) is 4.79 Å². The molecule has 72 valence electrons. The molecule has 0 radical (unpaired) electrons. The van der Waals surface area contributed by atoms with Gasteiger partial charge in [0.2, 0.25) is 0 Å². The lowest BCUT2D eigenvalue weighted by Crippen LogP contribution is -2.46. The van der Waals surface area contributed by atoms with Crippen molar-refractivity contribution >= 4 is 5.78 Å². The third-order valence-electron chi connectivity index (χ3n) is 2.06. The van der Waals surface area contributed by atoms with Gasteiger partial charge in [0, 0.05) is 18.0 Å². The monoisotopic (exact) mass is 171 g/mol. The van der Waals surface area contributed by atoms with E-state index in [1.165, 1.54) is 0 Å². The molecule has 0 rings (SSSR count). The van der Waals surface area contributed by atoms with E-state index in [-0.39, 0.29) is 11.3 Å². The third-order valence-corrected chi connectivity index (χ3v) is 2.06. The predicted molar refractivity (Wildman–Crippen MR) is 52.3 cm³/mol. The molecule has 0 fully saturated rings. The molecule has 0 saturated carbocycles. The van der Waals surface area contributed by atoms with Crippen molar-refractivity contribution in [3.05, 3.63) is 0 Å². The van der Waals surface area contributed by atoms with Crippen molar-refractivity contribution in [3.63, 3.8) is 0 Å². The molecule has 0 spiro atoms. The molecule has 0 aliphatic heterocycles. The number of hydrogen-bond acceptors (Lipinski definition) is 2. The maximum absolute atomic E-state index is 11.0. The van der Waals surface area contributed by atoms with Gasteiger partial charge < -0.3 is 5.32 Å². The van der Waals surface area contributed by atoms with E-state index in [1.54, 1.807) is 6.92 Å². The van der Waals surface area contributed by atoms with Gasteiger partial charge in [-0.1, -0.05) is 20.8 Å². The zero-order chi connectivity index (χ0) is 9.78. The Balaban J connectivity index is 4.13. The van der Waals surface area contributed by atoms with E-state index in [4.69, 9.17) is 0 Å². The van der Waals surface area contributed by atoms with Crippen molar-refractivity contribution < 1.29 is 4.79 Å². The van der Waals surface area contributed by atoms with Crippen LogP contribution in [0.2, 0.25) is 0 Å². The zero-order valence-electron chi connectivity index (χ0n) is 8.90. The molecule has 0 bridgehead atoms. The fourth-order valence-electron chi connectivity index (χ4n) is 1.52. The smallest absolute Gasteiger partial charge is 0.131 e. The quantitative estimate of drug-likeness (QED) is 0.686. The van der Waals surface area contributed by atoms with Gasteiger partial charge in [-0.15, -0.1) is 0 Å². The fraction of sp³-hybridized carbons (Fsp3) is 0.900. The van der Waals surface area contributed by atoms with Crippen molar-refractivity contribution in [2.45, 2.75) is 59.0 Å². The molecule has 0 heterocycles. The molecular formula is C10H21NO. The largest absolute Gasteiger partial charge is 0.309 e. The van der Waals surface area contributed by atoms with E-state index in [0.717, 1.165) is 6.42 Å². The molecule has 1 N–H and O–H groups in total. The minimum atomic E-state index is -0.0139. The Morgan fingerprint density at radius 3 is 2.25 bits per heavy atom. The SMILES string of the molecule is CCC(C)(CC(C)=O)NC(C)C. The van der Waals surface area contributed by atoms with Crippen LogP contribution >= 0.6 is 0 Å². The summed E-state index contributed by atoms with van der Waals surface area (Å²) in [5.74, 6) is 0.257. The van der Waals surface area contributed by atoms with Crippen molar-refractivity contribution in [2.24, 2.45) is 0 Å². The average Bonchev–Trinajstić information content (AvgIpc) is 1.83. The second-order valence-electron chi connectivity index (χ2n) is 4.09. The van der Waals surface area contributed by atoms with Crippen LogP contribution in [0.5, 0.6) is 0 Å². The molecule has 0 aromatic carbocycles. The molecule has 2 heteroatoms. The molecule has 1 unspecified atom stereocenters. The fourth-order valence-corrected chi connectivity index (χ4v) is 1.52. The van der Waals surface area contributed by atoms with Gasteiger partial charge in [-0.25, -0.2) is 0 Å². The number of carbonyl (C=O) groups excluding carboxylic acids is 1. The van der Waals surface area contributed by atoms with Crippen LogP contribution in [0.25, 0.3) is 0 Å². The maximum Gasteiger partial charge on any atom is 0.131 e. The standard InChI is InChI=1S/C10H21NO/c1-6-10(5,7-9(4)12)11-8(2)3/h8,11H,6-7H2,1-5H3. The van der Waals surface area contributed by atoms with E-state index in [0.29, 0.717) is 12.5 Å². The van der Waals surface area contributed by atoms with E-state index < -0.39 is 0 Å². The van der Waals surface area contributed by atoms with Crippen LogP contribution in [0.15, 0.2) is 0 Å². The normalized spacial score (nSPS) is 16.2. The lowest BCUT2D eigenvalue weighted by Gasteiger charge is -2.31. The summed E-state index contributed by atoms with van der Waals surface area (Å²) in [6.07, 6.45) is 1.62. The van der Waals surface area contributed by atoms with E-state index in [9.17, 15) is 4.79 Å². The summed E-state index contributed by atoms with van der Waals surface area (Å²) >= 11 is 0. The molecule has 0 aliphatic carbocycles. The van der Waals surface area contributed by atoms with Gasteiger partial charge in [0.1, 0.15) is 5.78 Å². The number of hydrogen-bond donors (Lipinski definition) is 1. The van der Waals surface area contributed by atoms with Crippen LogP contribution in [0.4, 0.5) is 0 Å². The predicted octanol–water partition coefficient (Wildman–Crippen LogP) is 2.13. The number of Topliss-reactive ketones (excluding diaryl/α,β-unsaturated/α-hetero) is 1. The summed E-state index contributed by atoms with van der Waals surface area (Å²) in [5, 5.41) is 3.42. The van der Waals surface area contributed by atoms with Crippen molar-refractivity contribution in [1.82, 2.24) is 5.32 Å². The van der Waals surface area contributed by atoms with Gasteiger partial charge in [-0.05, 0) is 20.3 Å². The molecule has 2 nitrogen and oxygen atoms in total. The van der Waals surface area contributed by atoms with E-state index in [2.05, 4.69) is 33.0 Å². The number of ketones is 1. The van der Waals surface area contributed by atoms with Crippen molar-refractivity contribution in [1.29, 1.82) is 0 Å². The molecule has 0 saturated heterocycles. The van der Waals surface area contributed by atoms with Gasteiger partial charge in [-0.3, -0.25) is 4.79 Å². The van der Waals surface area contributed by atoms with Crippen molar-refractivity contribution in [3.8, 4) is 0 Å². The Morgan fingerprint density at radius 1 is 1.50 bits per heavy atom. The Hall–Kier alpha value is -0.370. The molecule has 0 aromatic heterocycles.